The second-order valence-corrected chi connectivity index (χ2v) is 3.81. The van der Waals surface area contributed by atoms with Gasteiger partial charge in [0.25, 0.3) is 0 Å². The molecule has 0 fully saturated rings. The first kappa shape index (κ1) is 12.7. The van der Waals surface area contributed by atoms with Crippen LogP contribution in [0.4, 0.5) is 0 Å². The van der Waals surface area contributed by atoms with Crippen molar-refractivity contribution < 1.29 is 4.79 Å². The van der Waals surface area contributed by atoms with Crippen molar-refractivity contribution in [1.29, 1.82) is 0 Å². The molecular formula is C12H24O. The average Bonchev–Trinajstić information content (AvgIpc) is 2.13. The predicted octanol–water partition coefficient (Wildman–Crippen LogP) is 4.11. The summed E-state index contributed by atoms with van der Waals surface area (Å²) < 4.78 is 0. The van der Waals surface area contributed by atoms with Crippen molar-refractivity contribution in [3.8, 4) is 0 Å². The number of unbranched alkanes of at least 4 members (excludes halogenated alkanes) is 5. The first-order chi connectivity index (χ1) is 6.31. The number of carbonyl (C=O) groups excluding carboxylic acids is 1. The lowest BCUT2D eigenvalue weighted by Crippen LogP contribution is -1.97. The molecule has 0 saturated carbocycles. The van der Waals surface area contributed by atoms with E-state index >= 15 is 0 Å². The topological polar surface area (TPSA) is 17.1 Å². The highest BCUT2D eigenvalue weighted by Crippen LogP contribution is 2.07. The molecule has 0 aliphatic heterocycles. The SMILES string of the molecule is CCCCCCC(=O)CCCCC. The lowest BCUT2D eigenvalue weighted by atomic mass is 10.1. The summed E-state index contributed by atoms with van der Waals surface area (Å²) in [5.41, 5.74) is 0. The zero-order valence-electron chi connectivity index (χ0n) is 9.27. The Morgan fingerprint density at radius 2 is 1.23 bits per heavy atom. The third-order valence-corrected chi connectivity index (χ3v) is 2.37. The first-order valence-electron chi connectivity index (χ1n) is 5.83. The standard InChI is InChI=1S/C12H24O/c1-3-5-7-9-11-12(13)10-8-6-4-2/h3-11H2,1-2H3. The van der Waals surface area contributed by atoms with E-state index in [-0.39, 0.29) is 0 Å². The van der Waals surface area contributed by atoms with Gasteiger partial charge >= 0.3 is 0 Å². The highest BCUT2D eigenvalue weighted by Gasteiger charge is 2.00. The molecule has 1 heteroatoms. The van der Waals surface area contributed by atoms with Gasteiger partial charge in [-0.05, 0) is 12.8 Å². The molecule has 0 atom stereocenters. The van der Waals surface area contributed by atoms with Gasteiger partial charge in [0.15, 0.2) is 0 Å². The molecular weight excluding hydrogens is 160 g/mol. The Balaban J connectivity index is 3.11. The van der Waals surface area contributed by atoms with Gasteiger partial charge < -0.3 is 0 Å². The predicted molar refractivity (Wildman–Crippen MR) is 57.9 cm³/mol. The Kier molecular flexibility index (Phi) is 9.51. The maximum Gasteiger partial charge on any atom is 0.132 e. The minimum atomic E-state index is 0.476. The fourth-order valence-electron chi connectivity index (χ4n) is 1.45. The maximum atomic E-state index is 11.3. The molecule has 0 radical (unpaired) electrons. The number of rotatable bonds is 9. The second-order valence-electron chi connectivity index (χ2n) is 3.81. The number of ketones is 1. The van der Waals surface area contributed by atoms with Crippen LogP contribution in [0.15, 0.2) is 0 Å². The zero-order valence-corrected chi connectivity index (χ0v) is 9.27. The Labute approximate surface area is 82.9 Å². The van der Waals surface area contributed by atoms with Gasteiger partial charge in [0, 0.05) is 12.8 Å². The van der Waals surface area contributed by atoms with Crippen molar-refractivity contribution in [3.05, 3.63) is 0 Å². The van der Waals surface area contributed by atoms with E-state index in [0.717, 1.165) is 25.7 Å². The number of hydrogen-bond donors (Lipinski definition) is 0. The van der Waals surface area contributed by atoms with Crippen molar-refractivity contribution in [3.63, 3.8) is 0 Å². The quantitative estimate of drug-likeness (QED) is 0.493. The first-order valence-corrected chi connectivity index (χ1v) is 5.83. The van der Waals surface area contributed by atoms with Gasteiger partial charge in [-0.25, -0.2) is 0 Å². The Morgan fingerprint density at radius 1 is 0.769 bits per heavy atom. The van der Waals surface area contributed by atoms with Crippen molar-refractivity contribution in [1.82, 2.24) is 0 Å². The van der Waals surface area contributed by atoms with Crippen molar-refractivity contribution in [2.75, 3.05) is 0 Å². The van der Waals surface area contributed by atoms with Crippen LogP contribution in [-0.2, 0) is 4.79 Å². The molecule has 0 heterocycles. The fraction of sp³-hybridized carbons (Fsp3) is 0.917. The van der Waals surface area contributed by atoms with Gasteiger partial charge in [0.2, 0.25) is 0 Å². The molecule has 0 spiro atoms. The molecule has 0 aliphatic rings. The van der Waals surface area contributed by atoms with Crippen molar-refractivity contribution >= 4 is 5.78 Å². The molecule has 0 aliphatic carbocycles. The van der Waals surface area contributed by atoms with Gasteiger partial charge in [0.05, 0.1) is 0 Å². The minimum absolute atomic E-state index is 0.476. The Morgan fingerprint density at radius 3 is 1.77 bits per heavy atom. The van der Waals surface area contributed by atoms with E-state index in [9.17, 15) is 4.79 Å². The molecule has 0 saturated heterocycles. The van der Waals surface area contributed by atoms with Gasteiger partial charge in [-0.15, -0.1) is 0 Å². The lowest BCUT2D eigenvalue weighted by Gasteiger charge is -1.99. The fourth-order valence-corrected chi connectivity index (χ4v) is 1.45. The second kappa shape index (κ2) is 9.76. The van der Waals surface area contributed by atoms with Crippen LogP contribution in [0.3, 0.4) is 0 Å². The smallest absolute Gasteiger partial charge is 0.132 e. The summed E-state index contributed by atoms with van der Waals surface area (Å²) in [5, 5.41) is 0. The molecule has 1 nitrogen and oxygen atoms in total. The summed E-state index contributed by atoms with van der Waals surface area (Å²) >= 11 is 0. The molecule has 0 amide bonds. The van der Waals surface area contributed by atoms with Crippen molar-refractivity contribution in [2.24, 2.45) is 0 Å². The highest BCUT2D eigenvalue weighted by atomic mass is 16.1. The normalized spacial score (nSPS) is 10.3. The third-order valence-electron chi connectivity index (χ3n) is 2.37. The lowest BCUT2D eigenvalue weighted by molar-refractivity contribution is -0.119. The van der Waals surface area contributed by atoms with Crippen LogP contribution >= 0.6 is 0 Å². The summed E-state index contributed by atoms with van der Waals surface area (Å²) in [7, 11) is 0. The largest absolute Gasteiger partial charge is 0.300 e. The van der Waals surface area contributed by atoms with Gasteiger partial charge in [-0.3, -0.25) is 4.79 Å². The molecule has 0 aromatic carbocycles. The zero-order chi connectivity index (χ0) is 9.94. The molecule has 0 unspecified atom stereocenters. The van der Waals surface area contributed by atoms with E-state index in [1.807, 2.05) is 0 Å². The van der Waals surface area contributed by atoms with E-state index in [0.29, 0.717) is 5.78 Å². The summed E-state index contributed by atoms with van der Waals surface area (Å²) in [4.78, 5) is 11.3. The average molecular weight is 184 g/mol. The summed E-state index contributed by atoms with van der Waals surface area (Å²) in [6.07, 6.45) is 10.0. The van der Waals surface area contributed by atoms with E-state index in [1.54, 1.807) is 0 Å². The van der Waals surface area contributed by atoms with Crippen LogP contribution in [0.2, 0.25) is 0 Å². The van der Waals surface area contributed by atoms with Crippen molar-refractivity contribution in [2.45, 2.75) is 71.6 Å². The van der Waals surface area contributed by atoms with Gasteiger partial charge in [-0.1, -0.05) is 46.0 Å². The van der Waals surface area contributed by atoms with E-state index in [4.69, 9.17) is 0 Å². The Hall–Kier alpha value is -0.330. The summed E-state index contributed by atoms with van der Waals surface area (Å²) in [5.74, 6) is 0.476. The van der Waals surface area contributed by atoms with Crippen LogP contribution in [0.25, 0.3) is 0 Å². The molecule has 0 aromatic heterocycles. The van der Waals surface area contributed by atoms with Crippen LogP contribution in [0.5, 0.6) is 0 Å². The van der Waals surface area contributed by atoms with Crippen LogP contribution in [0, 0.1) is 0 Å². The molecule has 0 N–H and O–H groups in total. The number of hydrogen-bond acceptors (Lipinski definition) is 1. The molecule has 13 heavy (non-hydrogen) atoms. The summed E-state index contributed by atoms with van der Waals surface area (Å²) in [6, 6.07) is 0. The van der Waals surface area contributed by atoms with Crippen LogP contribution in [0.1, 0.15) is 71.6 Å². The van der Waals surface area contributed by atoms with E-state index in [2.05, 4.69) is 13.8 Å². The summed E-state index contributed by atoms with van der Waals surface area (Å²) in [6.45, 7) is 4.37. The van der Waals surface area contributed by atoms with Crippen LogP contribution in [-0.4, -0.2) is 5.78 Å². The Bertz CT molecular complexity index is 118. The minimum Gasteiger partial charge on any atom is -0.300 e. The third kappa shape index (κ3) is 9.59. The number of carbonyl (C=O) groups is 1. The highest BCUT2D eigenvalue weighted by molar-refractivity contribution is 5.78. The molecule has 0 rings (SSSR count). The number of Topliss-reactive ketones (excluding diaryl/α,β-unsaturated/α-hetero) is 1. The molecule has 0 bridgehead atoms. The molecule has 78 valence electrons. The van der Waals surface area contributed by atoms with E-state index < -0.39 is 0 Å². The van der Waals surface area contributed by atoms with E-state index in [1.165, 1.54) is 32.1 Å². The molecule has 0 aromatic rings. The maximum absolute atomic E-state index is 11.3. The monoisotopic (exact) mass is 184 g/mol. The van der Waals surface area contributed by atoms with Crippen LogP contribution < -0.4 is 0 Å². The van der Waals surface area contributed by atoms with Gasteiger partial charge in [-0.2, -0.15) is 0 Å². The van der Waals surface area contributed by atoms with Gasteiger partial charge in [0.1, 0.15) is 5.78 Å².